The van der Waals surface area contributed by atoms with Crippen LogP contribution in [0, 0.1) is 5.82 Å². The molecule has 0 amide bonds. The fraction of sp³-hybridized carbons (Fsp3) is 0.409. The van der Waals surface area contributed by atoms with Gasteiger partial charge in [0.15, 0.2) is 5.96 Å². The van der Waals surface area contributed by atoms with Crippen LogP contribution < -0.4 is 5.32 Å². The van der Waals surface area contributed by atoms with Crippen molar-refractivity contribution >= 4 is 5.96 Å². The molecule has 3 rings (SSSR count). The Morgan fingerprint density at radius 3 is 2.41 bits per heavy atom. The molecule has 5 heteroatoms. The molecule has 144 valence electrons. The molecule has 1 heterocycles. The molecule has 1 aliphatic rings. The van der Waals surface area contributed by atoms with Crippen molar-refractivity contribution in [2.75, 3.05) is 33.9 Å². The monoisotopic (exact) mass is 369 g/mol. The number of hydrogen-bond donors (Lipinski definition) is 1. The summed E-state index contributed by atoms with van der Waals surface area (Å²) in [5.41, 5.74) is 2.44. The summed E-state index contributed by atoms with van der Waals surface area (Å²) in [4.78, 5) is 6.50. The Labute approximate surface area is 161 Å². The van der Waals surface area contributed by atoms with Crippen LogP contribution in [0.5, 0.6) is 0 Å². The minimum absolute atomic E-state index is 0.0478. The third-order valence-corrected chi connectivity index (χ3v) is 5.33. The number of rotatable bonds is 5. The van der Waals surface area contributed by atoms with Gasteiger partial charge in [0.25, 0.3) is 0 Å². The molecule has 0 bridgehead atoms. The van der Waals surface area contributed by atoms with E-state index in [1.165, 1.54) is 17.7 Å². The molecule has 0 aromatic heterocycles. The second kappa shape index (κ2) is 9.00. The van der Waals surface area contributed by atoms with E-state index in [9.17, 15) is 4.39 Å². The van der Waals surface area contributed by atoms with Crippen LogP contribution in [0.2, 0.25) is 0 Å². The highest BCUT2D eigenvalue weighted by Gasteiger charge is 2.34. The lowest BCUT2D eigenvalue weighted by Gasteiger charge is -2.39. The number of guanidine groups is 1. The first-order chi connectivity index (χ1) is 13.1. The summed E-state index contributed by atoms with van der Waals surface area (Å²) in [6.07, 6.45) is 1.98. The summed E-state index contributed by atoms with van der Waals surface area (Å²) in [7, 11) is 3.79. The SMILES string of the molecule is CN=C(NCC1(c2ccccc2)CCOCC1)N(C)Cc1ccc(F)cc1. The molecule has 2 aromatic rings. The van der Waals surface area contributed by atoms with Gasteiger partial charge >= 0.3 is 0 Å². The van der Waals surface area contributed by atoms with E-state index in [-0.39, 0.29) is 11.2 Å². The van der Waals surface area contributed by atoms with Crippen molar-refractivity contribution < 1.29 is 9.13 Å². The van der Waals surface area contributed by atoms with Crippen molar-refractivity contribution in [3.63, 3.8) is 0 Å². The lowest BCUT2D eigenvalue weighted by Crippen LogP contribution is -2.48. The van der Waals surface area contributed by atoms with E-state index < -0.39 is 0 Å². The summed E-state index contributed by atoms with van der Waals surface area (Å²) in [6, 6.07) is 17.3. The quantitative estimate of drug-likeness (QED) is 0.647. The van der Waals surface area contributed by atoms with Crippen LogP contribution >= 0.6 is 0 Å². The Bertz CT molecular complexity index is 740. The van der Waals surface area contributed by atoms with Crippen molar-refractivity contribution in [1.82, 2.24) is 10.2 Å². The van der Waals surface area contributed by atoms with E-state index >= 15 is 0 Å². The van der Waals surface area contributed by atoms with Crippen molar-refractivity contribution in [3.8, 4) is 0 Å². The van der Waals surface area contributed by atoms with Gasteiger partial charge in [-0.3, -0.25) is 4.99 Å². The van der Waals surface area contributed by atoms with Gasteiger partial charge in [0, 0.05) is 45.8 Å². The molecule has 1 aliphatic heterocycles. The Morgan fingerprint density at radius 1 is 1.11 bits per heavy atom. The van der Waals surface area contributed by atoms with Gasteiger partial charge in [-0.05, 0) is 36.1 Å². The molecule has 27 heavy (non-hydrogen) atoms. The van der Waals surface area contributed by atoms with Gasteiger partial charge in [0.05, 0.1) is 0 Å². The first-order valence-electron chi connectivity index (χ1n) is 9.42. The number of nitrogens with one attached hydrogen (secondary N) is 1. The normalized spacial score (nSPS) is 16.8. The Morgan fingerprint density at radius 2 is 1.78 bits per heavy atom. The summed E-state index contributed by atoms with van der Waals surface area (Å²) in [5.74, 6) is 0.620. The molecule has 1 saturated heterocycles. The molecule has 1 fully saturated rings. The predicted molar refractivity (Wildman–Crippen MR) is 107 cm³/mol. The maximum absolute atomic E-state index is 13.1. The van der Waals surface area contributed by atoms with Crippen LogP contribution in [0.15, 0.2) is 59.6 Å². The fourth-order valence-corrected chi connectivity index (χ4v) is 3.69. The highest BCUT2D eigenvalue weighted by Crippen LogP contribution is 2.34. The summed E-state index contributed by atoms with van der Waals surface area (Å²) < 4.78 is 18.7. The third-order valence-electron chi connectivity index (χ3n) is 5.33. The Kier molecular flexibility index (Phi) is 6.45. The van der Waals surface area contributed by atoms with Crippen molar-refractivity contribution in [2.24, 2.45) is 4.99 Å². The first kappa shape index (κ1) is 19.4. The fourth-order valence-electron chi connectivity index (χ4n) is 3.69. The standard InChI is InChI=1S/C22H28FN3O/c1-24-21(26(2)16-18-8-10-20(23)11-9-18)25-17-22(12-14-27-15-13-22)19-6-4-3-5-7-19/h3-11H,12-17H2,1-2H3,(H,24,25). The number of hydrogen-bond acceptors (Lipinski definition) is 2. The summed E-state index contributed by atoms with van der Waals surface area (Å²) in [5, 5.41) is 3.56. The Hall–Kier alpha value is -2.40. The zero-order valence-electron chi connectivity index (χ0n) is 16.1. The summed E-state index contributed by atoms with van der Waals surface area (Å²) in [6.45, 7) is 3.03. The van der Waals surface area contributed by atoms with Gasteiger partial charge in [0.1, 0.15) is 5.82 Å². The zero-order chi connectivity index (χ0) is 19.1. The highest BCUT2D eigenvalue weighted by atomic mass is 19.1. The van der Waals surface area contributed by atoms with Gasteiger partial charge in [-0.15, -0.1) is 0 Å². The molecule has 1 N–H and O–H groups in total. The van der Waals surface area contributed by atoms with Crippen LogP contribution in [0.4, 0.5) is 4.39 Å². The topological polar surface area (TPSA) is 36.9 Å². The lowest BCUT2D eigenvalue weighted by molar-refractivity contribution is 0.0512. The van der Waals surface area contributed by atoms with Crippen LogP contribution in [0.1, 0.15) is 24.0 Å². The number of aliphatic imine (C=N–C) groups is 1. The number of ether oxygens (including phenoxy) is 1. The molecular weight excluding hydrogens is 341 g/mol. The largest absolute Gasteiger partial charge is 0.381 e. The molecule has 2 aromatic carbocycles. The molecule has 0 radical (unpaired) electrons. The number of nitrogens with zero attached hydrogens (tertiary/aromatic N) is 2. The minimum atomic E-state index is -0.215. The molecule has 0 atom stereocenters. The maximum atomic E-state index is 13.1. The van der Waals surface area contributed by atoms with Crippen molar-refractivity contribution in [2.45, 2.75) is 24.8 Å². The number of benzene rings is 2. The average molecular weight is 369 g/mol. The second-order valence-corrected chi connectivity index (χ2v) is 7.14. The van der Waals surface area contributed by atoms with Gasteiger partial charge < -0.3 is 15.0 Å². The van der Waals surface area contributed by atoms with Crippen LogP contribution in [0.25, 0.3) is 0 Å². The number of halogens is 1. The van der Waals surface area contributed by atoms with Crippen molar-refractivity contribution in [3.05, 3.63) is 71.5 Å². The molecule has 0 spiro atoms. The van der Waals surface area contributed by atoms with Gasteiger partial charge in [0.2, 0.25) is 0 Å². The average Bonchev–Trinajstić information content (AvgIpc) is 2.71. The van der Waals surface area contributed by atoms with Gasteiger partial charge in [-0.2, -0.15) is 0 Å². The molecule has 0 unspecified atom stereocenters. The zero-order valence-corrected chi connectivity index (χ0v) is 16.1. The van der Waals surface area contributed by atoms with Gasteiger partial charge in [-0.1, -0.05) is 42.5 Å². The molecular formula is C22H28FN3O. The van der Waals surface area contributed by atoms with Gasteiger partial charge in [-0.25, -0.2) is 4.39 Å². The minimum Gasteiger partial charge on any atom is -0.381 e. The second-order valence-electron chi connectivity index (χ2n) is 7.14. The maximum Gasteiger partial charge on any atom is 0.193 e. The highest BCUT2D eigenvalue weighted by molar-refractivity contribution is 5.79. The van der Waals surface area contributed by atoms with E-state index in [1.54, 1.807) is 7.05 Å². The van der Waals surface area contributed by atoms with E-state index in [0.717, 1.165) is 44.1 Å². The van der Waals surface area contributed by atoms with Crippen LogP contribution in [-0.2, 0) is 16.7 Å². The smallest absolute Gasteiger partial charge is 0.193 e. The molecule has 0 aliphatic carbocycles. The van der Waals surface area contributed by atoms with Crippen molar-refractivity contribution in [1.29, 1.82) is 0 Å². The van der Waals surface area contributed by atoms with E-state index in [1.807, 2.05) is 19.2 Å². The predicted octanol–water partition coefficient (Wildman–Crippen LogP) is 3.58. The van der Waals surface area contributed by atoms with Crippen LogP contribution in [0.3, 0.4) is 0 Å². The van der Waals surface area contributed by atoms with Crippen LogP contribution in [-0.4, -0.2) is 44.7 Å². The first-order valence-corrected chi connectivity index (χ1v) is 9.42. The third kappa shape index (κ3) is 4.86. The molecule has 0 saturated carbocycles. The lowest BCUT2D eigenvalue weighted by atomic mass is 9.74. The summed E-state index contributed by atoms with van der Waals surface area (Å²) >= 11 is 0. The van der Waals surface area contributed by atoms with E-state index in [0.29, 0.717) is 6.54 Å². The van der Waals surface area contributed by atoms with E-state index in [4.69, 9.17) is 4.74 Å². The Balaban J connectivity index is 1.68. The molecule has 4 nitrogen and oxygen atoms in total. The van der Waals surface area contributed by atoms with E-state index in [2.05, 4.69) is 45.5 Å².